The lowest BCUT2D eigenvalue weighted by Gasteiger charge is -2.10. The molecule has 0 atom stereocenters. The molecule has 0 bridgehead atoms. The Morgan fingerprint density at radius 3 is 2.62 bits per heavy atom. The zero-order chi connectivity index (χ0) is 15.2. The van der Waals surface area contributed by atoms with Gasteiger partial charge in [-0.1, -0.05) is 0 Å². The Bertz CT molecular complexity index is 690. The molecule has 1 N–H and O–H groups in total. The van der Waals surface area contributed by atoms with Crippen LogP contribution in [-0.2, 0) is 0 Å². The first-order chi connectivity index (χ1) is 10.2. The minimum Gasteiger partial charge on any atom is -0.497 e. The quantitative estimate of drug-likeness (QED) is 0.930. The van der Waals surface area contributed by atoms with Gasteiger partial charge in [-0.25, -0.2) is 4.98 Å². The van der Waals surface area contributed by atoms with Crippen LogP contribution in [0.15, 0.2) is 36.5 Å². The molecule has 6 heteroatoms. The number of aromatic nitrogens is 1. The van der Waals surface area contributed by atoms with Crippen LogP contribution < -0.4 is 14.8 Å². The highest BCUT2D eigenvalue weighted by molar-refractivity contribution is 6.06. The minimum absolute atomic E-state index is 0.336. The van der Waals surface area contributed by atoms with E-state index in [9.17, 15) is 4.79 Å². The normalized spacial score (nSPS) is 9.57. The fourth-order valence-corrected chi connectivity index (χ4v) is 1.71. The summed E-state index contributed by atoms with van der Waals surface area (Å²) in [7, 11) is 3.00. The maximum atomic E-state index is 12.3. The van der Waals surface area contributed by atoms with Crippen molar-refractivity contribution in [3.05, 3.63) is 47.7 Å². The van der Waals surface area contributed by atoms with Crippen LogP contribution in [0.2, 0.25) is 0 Å². The number of carbonyl (C=O) groups excluding carboxylic acids is 1. The number of hydrogen-bond acceptors (Lipinski definition) is 5. The lowest BCUT2D eigenvalue weighted by molar-refractivity contribution is 0.102. The molecule has 0 aliphatic carbocycles. The van der Waals surface area contributed by atoms with Gasteiger partial charge in [0.2, 0.25) is 0 Å². The Labute approximate surface area is 121 Å². The first-order valence-corrected chi connectivity index (χ1v) is 6.07. The summed E-state index contributed by atoms with van der Waals surface area (Å²) >= 11 is 0. The molecular formula is C15H13N3O3. The van der Waals surface area contributed by atoms with Gasteiger partial charge in [0, 0.05) is 6.20 Å². The average molecular weight is 283 g/mol. The highest BCUT2D eigenvalue weighted by Gasteiger charge is 2.14. The van der Waals surface area contributed by atoms with Crippen molar-refractivity contribution in [2.75, 3.05) is 19.5 Å². The molecule has 106 valence electrons. The number of amides is 1. The number of benzene rings is 1. The second kappa shape index (κ2) is 6.39. The number of nitrogens with zero attached hydrogens (tertiary/aromatic N) is 2. The Morgan fingerprint density at radius 2 is 2.05 bits per heavy atom. The minimum atomic E-state index is -0.372. The smallest absolute Gasteiger partial charge is 0.260 e. The van der Waals surface area contributed by atoms with E-state index in [1.807, 2.05) is 6.07 Å². The monoisotopic (exact) mass is 283 g/mol. The summed E-state index contributed by atoms with van der Waals surface area (Å²) in [6.45, 7) is 0. The molecule has 0 saturated carbocycles. The maximum absolute atomic E-state index is 12.3. The zero-order valence-electron chi connectivity index (χ0n) is 11.6. The summed E-state index contributed by atoms with van der Waals surface area (Å²) in [5, 5.41) is 11.3. The van der Waals surface area contributed by atoms with Gasteiger partial charge < -0.3 is 14.8 Å². The Balaban J connectivity index is 2.24. The molecule has 0 radical (unpaired) electrons. The second-order valence-electron chi connectivity index (χ2n) is 4.06. The highest BCUT2D eigenvalue weighted by Crippen LogP contribution is 2.24. The van der Waals surface area contributed by atoms with E-state index < -0.39 is 0 Å². The lowest BCUT2D eigenvalue weighted by atomic mass is 10.1. The molecule has 1 heterocycles. The number of nitriles is 1. The molecule has 0 fully saturated rings. The van der Waals surface area contributed by atoms with E-state index in [0.29, 0.717) is 28.4 Å². The standard InChI is InChI=1S/C15H13N3O3/c1-20-11-4-5-13(21-2)12(7-11)15(19)18-14-6-3-10(8-16)9-17-14/h3-7,9H,1-2H3,(H,17,18,19). The second-order valence-corrected chi connectivity index (χ2v) is 4.06. The zero-order valence-corrected chi connectivity index (χ0v) is 11.6. The average Bonchev–Trinajstić information content (AvgIpc) is 2.54. The van der Waals surface area contributed by atoms with Gasteiger partial charge in [0.15, 0.2) is 0 Å². The third-order valence-electron chi connectivity index (χ3n) is 2.79. The van der Waals surface area contributed by atoms with Crippen LogP contribution >= 0.6 is 0 Å². The van der Waals surface area contributed by atoms with Gasteiger partial charge in [-0.05, 0) is 30.3 Å². The number of hydrogen-bond donors (Lipinski definition) is 1. The van der Waals surface area contributed by atoms with Gasteiger partial charge >= 0.3 is 0 Å². The van der Waals surface area contributed by atoms with Gasteiger partial charge in [0.05, 0.1) is 25.3 Å². The Morgan fingerprint density at radius 1 is 1.24 bits per heavy atom. The van der Waals surface area contributed by atoms with Crippen molar-refractivity contribution >= 4 is 11.7 Å². The van der Waals surface area contributed by atoms with E-state index in [1.165, 1.54) is 20.4 Å². The first-order valence-electron chi connectivity index (χ1n) is 6.07. The van der Waals surface area contributed by atoms with Gasteiger partial charge in [0.1, 0.15) is 23.4 Å². The fourth-order valence-electron chi connectivity index (χ4n) is 1.71. The SMILES string of the molecule is COc1ccc(OC)c(C(=O)Nc2ccc(C#N)cn2)c1. The summed E-state index contributed by atoms with van der Waals surface area (Å²) in [5.74, 6) is 0.961. The lowest BCUT2D eigenvalue weighted by Crippen LogP contribution is -2.14. The number of nitrogens with one attached hydrogen (secondary N) is 1. The van der Waals surface area contributed by atoms with Crippen molar-refractivity contribution in [2.24, 2.45) is 0 Å². The molecule has 1 amide bonds. The number of anilines is 1. The van der Waals surface area contributed by atoms with Crippen LogP contribution in [0.25, 0.3) is 0 Å². The summed E-state index contributed by atoms with van der Waals surface area (Å²) in [6, 6.07) is 10.0. The summed E-state index contributed by atoms with van der Waals surface area (Å²) in [5.41, 5.74) is 0.759. The van der Waals surface area contributed by atoms with E-state index in [1.54, 1.807) is 30.3 Å². The summed E-state index contributed by atoms with van der Waals surface area (Å²) < 4.78 is 10.3. The van der Waals surface area contributed by atoms with Crippen molar-refractivity contribution in [3.8, 4) is 17.6 Å². The highest BCUT2D eigenvalue weighted by atomic mass is 16.5. The number of ether oxygens (including phenoxy) is 2. The number of carbonyl (C=O) groups is 1. The van der Waals surface area contributed by atoms with Gasteiger partial charge in [0.25, 0.3) is 5.91 Å². The molecule has 0 aliphatic rings. The van der Waals surface area contributed by atoms with Crippen molar-refractivity contribution in [3.63, 3.8) is 0 Å². The predicted octanol–water partition coefficient (Wildman–Crippen LogP) is 2.22. The van der Waals surface area contributed by atoms with Crippen LogP contribution in [-0.4, -0.2) is 25.1 Å². The van der Waals surface area contributed by atoms with E-state index >= 15 is 0 Å². The topological polar surface area (TPSA) is 84.2 Å². The largest absolute Gasteiger partial charge is 0.497 e. The van der Waals surface area contributed by atoms with E-state index in [4.69, 9.17) is 14.7 Å². The van der Waals surface area contributed by atoms with Crippen LogP contribution in [0.1, 0.15) is 15.9 Å². The number of methoxy groups -OCH3 is 2. The molecular weight excluding hydrogens is 270 g/mol. The fraction of sp³-hybridized carbons (Fsp3) is 0.133. The van der Waals surface area contributed by atoms with Crippen molar-refractivity contribution < 1.29 is 14.3 Å². The molecule has 2 rings (SSSR count). The number of pyridine rings is 1. The van der Waals surface area contributed by atoms with Crippen molar-refractivity contribution in [2.45, 2.75) is 0 Å². The van der Waals surface area contributed by atoms with Crippen LogP contribution in [0.4, 0.5) is 5.82 Å². The van der Waals surface area contributed by atoms with Crippen molar-refractivity contribution in [1.29, 1.82) is 5.26 Å². The first kappa shape index (κ1) is 14.3. The molecule has 0 spiro atoms. The molecule has 0 aliphatic heterocycles. The van der Waals surface area contributed by atoms with E-state index in [-0.39, 0.29) is 5.91 Å². The van der Waals surface area contributed by atoms with Gasteiger partial charge in [-0.15, -0.1) is 0 Å². The maximum Gasteiger partial charge on any atom is 0.260 e. The molecule has 0 saturated heterocycles. The summed E-state index contributed by atoms with van der Waals surface area (Å²) in [6.07, 6.45) is 1.39. The summed E-state index contributed by atoms with van der Waals surface area (Å²) in [4.78, 5) is 16.3. The third-order valence-corrected chi connectivity index (χ3v) is 2.79. The molecule has 1 aromatic carbocycles. The Hall–Kier alpha value is -3.07. The molecule has 0 unspecified atom stereocenters. The van der Waals surface area contributed by atoms with Crippen LogP contribution in [0, 0.1) is 11.3 Å². The number of rotatable bonds is 4. The molecule has 2 aromatic rings. The van der Waals surface area contributed by atoms with E-state index in [0.717, 1.165) is 0 Å². The molecule has 6 nitrogen and oxygen atoms in total. The Kier molecular flexibility index (Phi) is 4.36. The predicted molar refractivity (Wildman–Crippen MR) is 76.5 cm³/mol. The van der Waals surface area contributed by atoms with Crippen molar-refractivity contribution in [1.82, 2.24) is 4.98 Å². The van der Waals surface area contributed by atoms with Crippen LogP contribution in [0.3, 0.4) is 0 Å². The molecule has 21 heavy (non-hydrogen) atoms. The van der Waals surface area contributed by atoms with Gasteiger partial charge in [-0.3, -0.25) is 4.79 Å². The third kappa shape index (κ3) is 3.28. The van der Waals surface area contributed by atoms with Crippen LogP contribution in [0.5, 0.6) is 11.5 Å². The van der Waals surface area contributed by atoms with Gasteiger partial charge in [-0.2, -0.15) is 5.26 Å². The van der Waals surface area contributed by atoms with E-state index in [2.05, 4.69) is 10.3 Å². The molecule has 1 aromatic heterocycles.